The lowest BCUT2D eigenvalue weighted by molar-refractivity contribution is 0.114. The van der Waals surface area contributed by atoms with Crippen LogP contribution in [0.5, 0.6) is 5.75 Å². The van der Waals surface area contributed by atoms with E-state index >= 15 is 0 Å². The molecule has 0 aromatic heterocycles. The summed E-state index contributed by atoms with van der Waals surface area (Å²) in [6.07, 6.45) is 5.99. The maximum atomic E-state index is 10.1. The molecular formula is C17H28N2O. The highest BCUT2D eigenvalue weighted by molar-refractivity contribution is 5.37. The Hall–Kier alpha value is -1.06. The molecule has 0 bridgehead atoms. The van der Waals surface area contributed by atoms with Gasteiger partial charge in [-0.2, -0.15) is 0 Å². The van der Waals surface area contributed by atoms with Crippen LogP contribution in [0.15, 0.2) is 18.2 Å². The zero-order valence-electron chi connectivity index (χ0n) is 12.9. The molecule has 1 saturated heterocycles. The number of rotatable bonds is 4. The average Bonchev–Trinajstić information content (AvgIpc) is 2.72. The van der Waals surface area contributed by atoms with Gasteiger partial charge in [0.05, 0.1) is 0 Å². The van der Waals surface area contributed by atoms with E-state index in [1.165, 1.54) is 31.2 Å². The summed E-state index contributed by atoms with van der Waals surface area (Å²) in [6, 6.07) is 5.83. The topological polar surface area (TPSA) is 49.5 Å². The Balaban J connectivity index is 2.19. The quantitative estimate of drug-likeness (QED) is 0.889. The Kier molecular flexibility index (Phi) is 5.06. The van der Waals surface area contributed by atoms with E-state index in [4.69, 9.17) is 5.73 Å². The maximum absolute atomic E-state index is 10.1. The number of nitrogens with two attached hydrogens (primary N) is 1. The Labute approximate surface area is 122 Å². The normalized spacial score (nSPS) is 20.4. The molecule has 1 atom stereocenters. The molecule has 3 N–H and O–H groups in total. The molecule has 1 aliphatic heterocycles. The summed E-state index contributed by atoms with van der Waals surface area (Å²) < 4.78 is 0. The molecule has 0 aliphatic carbocycles. The van der Waals surface area contributed by atoms with Gasteiger partial charge in [-0.05, 0) is 57.8 Å². The van der Waals surface area contributed by atoms with Crippen LogP contribution in [-0.4, -0.2) is 35.2 Å². The molecular weight excluding hydrogens is 248 g/mol. The zero-order valence-corrected chi connectivity index (χ0v) is 12.9. The third-order valence-electron chi connectivity index (χ3n) is 4.62. The van der Waals surface area contributed by atoms with E-state index < -0.39 is 0 Å². The Morgan fingerprint density at radius 1 is 1.20 bits per heavy atom. The number of phenolic OH excluding ortho intramolecular Hbond substituents is 1. The SMILES string of the molecule is Cc1ccc(O)c(CC(C)(CN)N2CCCCCC2)c1. The fourth-order valence-electron chi connectivity index (χ4n) is 3.19. The maximum Gasteiger partial charge on any atom is 0.118 e. The first-order valence-corrected chi connectivity index (χ1v) is 7.79. The van der Waals surface area contributed by atoms with Crippen molar-refractivity contribution in [2.75, 3.05) is 19.6 Å². The van der Waals surface area contributed by atoms with E-state index in [1.807, 2.05) is 6.07 Å². The second-order valence-electron chi connectivity index (χ2n) is 6.41. The lowest BCUT2D eigenvalue weighted by Gasteiger charge is -2.40. The van der Waals surface area contributed by atoms with Crippen LogP contribution in [-0.2, 0) is 6.42 Å². The van der Waals surface area contributed by atoms with Crippen LogP contribution in [0.2, 0.25) is 0 Å². The molecule has 0 amide bonds. The van der Waals surface area contributed by atoms with Crippen LogP contribution in [0.25, 0.3) is 0 Å². The summed E-state index contributed by atoms with van der Waals surface area (Å²) in [6.45, 7) is 7.18. The molecule has 3 nitrogen and oxygen atoms in total. The molecule has 3 heteroatoms. The number of benzene rings is 1. The molecule has 1 aromatic carbocycles. The van der Waals surface area contributed by atoms with Crippen molar-refractivity contribution in [3.8, 4) is 5.75 Å². The van der Waals surface area contributed by atoms with Crippen molar-refractivity contribution in [1.82, 2.24) is 4.90 Å². The summed E-state index contributed by atoms with van der Waals surface area (Å²) in [5.74, 6) is 0.394. The lowest BCUT2D eigenvalue weighted by Crippen LogP contribution is -2.53. The second kappa shape index (κ2) is 6.59. The van der Waals surface area contributed by atoms with Gasteiger partial charge >= 0.3 is 0 Å². The highest BCUT2D eigenvalue weighted by Gasteiger charge is 2.31. The number of phenols is 1. The molecule has 1 heterocycles. The van der Waals surface area contributed by atoms with Crippen molar-refractivity contribution in [3.63, 3.8) is 0 Å². The first-order valence-electron chi connectivity index (χ1n) is 7.79. The van der Waals surface area contributed by atoms with Crippen LogP contribution in [0, 0.1) is 6.92 Å². The van der Waals surface area contributed by atoms with Crippen molar-refractivity contribution < 1.29 is 5.11 Å². The number of hydrogen-bond donors (Lipinski definition) is 2. The van der Waals surface area contributed by atoms with Crippen molar-refractivity contribution in [2.24, 2.45) is 5.73 Å². The van der Waals surface area contributed by atoms with Gasteiger partial charge in [0, 0.05) is 12.1 Å². The van der Waals surface area contributed by atoms with E-state index in [1.54, 1.807) is 6.07 Å². The largest absolute Gasteiger partial charge is 0.508 e. The van der Waals surface area contributed by atoms with Gasteiger partial charge in [-0.3, -0.25) is 4.90 Å². The summed E-state index contributed by atoms with van der Waals surface area (Å²) in [4.78, 5) is 2.53. The van der Waals surface area contributed by atoms with Gasteiger partial charge in [-0.25, -0.2) is 0 Å². The average molecular weight is 276 g/mol. The number of nitrogens with zero attached hydrogens (tertiary/aromatic N) is 1. The molecule has 1 aromatic rings. The number of hydrogen-bond acceptors (Lipinski definition) is 3. The van der Waals surface area contributed by atoms with Crippen molar-refractivity contribution in [1.29, 1.82) is 0 Å². The molecule has 20 heavy (non-hydrogen) atoms. The highest BCUT2D eigenvalue weighted by atomic mass is 16.3. The third kappa shape index (κ3) is 3.53. The van der Waals surface area contributed by atoms with E-state index in [0.717, 1.165) is 25.1 Å². The van der Waals surface area contributed by atoms with Gasteiger partial charge in [-0.15, -0.1) is 0 Å². The fourth-order valence-corrected chi connectivity index (χ4v) is 3.19. The first-order chi connectivity index (χ1) is 9.55. The monoisotopic (exact) mass is 276 g/mol. The van der Waals surface area contributed by atoms with Crippen molar-refractivity contribution in [2.45, 2.75) is 51.5 Å². The molecule has 2 rings (SSSR count). The van der Waals surface area contributed by atoms with Gasteiger partial charge in [0.15, 0.2) is 0 Å². The molecule has 1 aliphatic rings. The third-order valence-corrected chi connectivity index (χ3v) is 4.62. The minimum absolute atomic E-state index is 0.0599. The van der Waals surface area contributed by atoms with Crippen molar-refractivity contribution >= 4 is 0 Å². The van der Waals surface area contributed by atoms with E-state index in [0.29, 0.717) is 12.3 Å². The number of aromatic hydroxyl groups is 1. The van der Waals surface area contributed by atoms with E-state index in [2.05, 4.69) is 24.8 Å². The molecule has 0 saturated carbocycles. The van der Waals surface area contributed by atoms with Crippen LogP contribution in [0.4, 0.5) is 0 Å². The predicted molar refractivity (Wildman–Crippen MR) is 84.0 cm³/mol. The minimum Gasteiger partial charge on any atom is -0.508 e. The van der Waals surface area contributed by atoms with Gasteiger partial charge in [0.1, 0.15) is 5.75 Å². The van der Waals surface area contributed by atoms with E-state index in [-0.39, 0.29) is 5.54 Å². The van der Waals surface area contributed by atoms with Gasteiger partial charge in [-0.1, -0.05) is 30.5 Å². The summed E-state index contributed by atoms with van der Waals surface area (Å²) in [7, 11) is 0. The molecule has 1 fully saturated rings. The molecule has 0 spiro atoms. The molecule has 112 valence electrons. The van der Waals surface area contributed by atoms with Gasteiger partial charge in [0.25, 0.3) is 0 Å². The van der Waals surface area contributed by atoms with Crippen LogP contribution in [0.3, 0.4) is 0 Å². The lowest BCUT2D eigenvalue weighted by atomic mass is 9.89. The second-order valence-corrected chi connectivity index (χ2v) is 6.41. The highest BCUT2D eigenvalue weighted by Crippen LogP contribution is 2.28. The van der Waals surface area contributed by atoms with E-state index in [9.17, 15) is 5.11 Å². The summed E-state index contributed by atoms with van der Waals surface area (Å²) in [5, 5.41) is 10.1. The smallest absolute Gasteiger partial charge is 0.118 e. The first kappa shape index (κ1) is 15.3. The van der Waals surface area contributed by atoms with Gasteiger partial charge < -0.3 is 10.8 Å². The van der Waals surface area contributed by atoms with Crippen LogP contribution >= 0.6 is 0 Å². The van der Waals surface area contributed by atoms with Crippen molar-refractivity contribution in [3.05, 3.63) is 29.3 Å². The Bertz CT molecular complexity index is 439. The Morgan fingerprint density at radius 2 is 1.85 bits per heavy atom. The number of aryl methyl sites for hydroxylation is 1. The number of likely N-dealkylation sites (tertiary alicyclic amines) is 1. The summed E-state index contributed by atoms with van der Waals surface area (Å²) >= 11 is 0. The minimum atomic E-state index is -0.0599. The standard InChI is InChI=1S/C17H28N2O/c1-14-7-8-16(20)15(11-14)12-17(2,13-18)19-9-5-3-4-6-10-19/h7-8,11,20H,3-6,9-10,12-13,18H2,1-2H3. The van der Waals surface area contributed by atoms with Gasteiger partial charge in [0.2, 0.25) is 0 Å². The van der Waals surface area contributed by atoms with Crippen LogP contribution in [0.1, 0.15) is 43.7 Å². The Morgan fingerprint density at radius 3 is 2.45 bits per heavy atom. The zero-order chi connectivity index (χ0) is 14.6. The fraction of sp³-hybridized carbons (Fsp3) is 0.647. The van der Waals surface area contributed by atoms with Crippen LogP contribution < -0.4 is 5.73 Å². The molecule has 0 radical (unpaired) electrons. The molecule has 1 unspecified atom stereocenters. The predicted octanol–water partition coefficient (Wildman–Crippen LogP) is 2.84. The summed E-state index contributed by atoms with van der Waals surface area (Å²) in [5.41, 5.74) is 8.25.